The van der Waals surface area contributed by atoms with Gasteiger partial charge >= 0.3 is 0 Å². The molecule has 0 aromatic heterocycles. The lowest BCUT2D eigenvalue weighted by atomic mass is 9.94. The largest absolute Gasteiger partial charge is 0.382 e. The van der Waals surface area contributed by atoms with Crippen LogP contribution in [0, 0.1) is 5.92 Å². The van der Waals surface area contributed by atoms with Crippen molar-refractivity contribution in [3.05, 3.63) is 0 Å². The molecule has 1 aliphatic heterocycles. The molecule has 94 valence electrons. The fraction of sp³-hybridized carbons (Fsp3) is 0.917. The second-order valence-corrected chi connectivity index (χ2v) is 4.57. The molecule has 1 heterocycles. The second kappa shape index (κ2) is 6.86. The summed E-state index contributed by atoms with van der Waals surface area (Å²) in [6.07, 6.45) is 2.42. The average Bonchev–Trinajstić information content (AvgIpc) is 2.28. The van der Waals surface area contributed by atoms with Crippen LogP contribution in [0.4, 0.5) is 0 Å². The van der Waals surface area contributed by atoms with Gasteiger partial charge in [-0.2, -0.15) is 0 Å². The SMILES string of the molecule is CCOCCCC(=O)N1CCC(C)C(N)C1. The van der Waals surface area contributed by atoms with Crippen molar-refractivity contribution < 1.29 is 9.53 Å². The lowest BCUT2D eigenvalue weighted by Crippen LogP contribution is -2.49. The minimum Gasteiger partial charge on any atom is -0.382 e. The molecule has 16 heavy (non-hydrogen) atoms. The molecule has 1 rings (SSSR count). The number of hydrogen-bond donors (Lipinski definition) is 1. The first-order valence-corrected chi connectivity index (χ1v) is 6.26. The smallest absolute Gasteiger partial charge is 0.222 e. The van der Waals surface area contributed by atoms with Crippen LogP contribution in [0.3, 0.4) is 0 Å². The van der Waals surface area contributed by atoms with Crippen molar-refractivity contribution >= 4 is 5.91 Å². The maximum absolute atomic E-state index is 11.8. The average molecular weight is 228 g/mol. The molecule has 2 atom stereocenters. The molecule has 0 saturated carbocycles. The van der Waals surface area contributed by atoms with E-state index in [2.05, 4.69) is 6.92 Å². The number of carbonyl (C=O) groups excluding carboxylic acids is 1. The Balaban J connectivity index is 2.21. The Morgan fingerprint density at radius 3 is 2.94 bits per heavy atom. The Labute approximate surface area is 98.1 Å². The molecule has 0 aliphatic carbocycles. The number of rotatable bonds is 5. The second-order valence-electron chi connectivity index (χ2n) is 4.57. The van der Waals surface area contributed by atoms with Gasteiger partial charge in [-0.25, -0.2) is 0 Å². The first-order chi connectivity index (χ1) is 7.65. The fourth-order valence-corrected chi connectivity index (χ4v) is 1.95. The van der Waals surface area contributed by atoms with Crippen molar-refractivity contribution in [2.24, 2.45) is 11.7 Å². The zero-order valence-electron chi connectivity index (χ0n) is 10.4. The molecule has 0 radical (unpaired) electrons. The van der Waals surface area contributed by atoms with Crippen LogP contribution in [0.1, 0.15) is 33.1 Å². The van der Waals surface area contributed by atoms with Crippen LogP contribution in [-0.2, 0) is 9.53 Å². The van der Waals surface area contributed by atoms with Crippen molar-refractivity contribution in [2.75, 3.05) is 26.3 Å². The van der Waals surface area contributed by atoms with E-state index in [9.17, 15) is 4.79 Å². The summed E-state index contributed by atoms with van der Waals surface area (Å²) in [5.41, 5.74) is 5.96. The first kappa shape index (κ1) is 13.5. The van der Waals surface area contributed by atoms with Crippen LogP contribution >= 0.6 is 0 Å². The third-order valence-corrected chi connectivity index (χ3v) is 3.25. The topological polar surface area (TPSA) is 55.6 Å². The van der Waals surface area contributed by atoms with Crippen LogP contribution in [0.25, 0.3) is 0 Å². The van der Waals surface area contributed by atoms with Crippen molar-refractivity contribution in [1.82, 2.24) is 4.90 Å². The molecule has 0 bridgehead atoms. The molecule has 4 heteroatoms. The Hall–Kier alpha value is -0.610. The summed E-state index contributed by atoms with van der Waals surface area (Å²) >= 11 is 0. The van der Waals surface area contributed by atoms with E-state index in [1.807, 2.05) is 11.8 Å². The number of likely N-dealkylation sites (tertiary alicyclic amines) is 1. The highest BCUT2D eigenvalue weighted by Gasteiger charge is 2.25. The van der Waals surface area contributed by atoms with E-state index in [0.29, 0.717) is 25.5 Å². The molecule has 0 aromatic carbocycles. The molecule has 1 saturated heterocycles. The van der Waals surface area contributed by atoms with Gasteiger partial charge in [0.2, 0.25) is 5.91 Å². The van der Waals surface area contributed by atoms with Crippen LogP contribution in [0.5, 0.6) is 0 Å². The zero-order valence-corrected chi connectivity index (χ0v) is 10.4. The van der Waals surface area contributed by atoms with Crippen molar-refractivity contribution in [3.63, 3.8) is 0 Å². The van der Waals surface area contributed by atoms with Gasteiger partial charge in [0.15, 0.2) is 0 Å². The number of nitrogens with zero attached hydrogens (tertiary/aromatic N) is 1. The third kappa shape index (κ3) is 4.10. The fourth-order valence-electron chi connectivity index (χ4n) is 1.95. The Bertz CT molecular complexity index is 221. The minimum atomic E-state index is 0.143. The van der Waals surface area contributed by atoms with Gasteiger partial charge in [0.1, 0.15) is 0 Å². The standard InChI is InChI=1S/C12H24N2O2/c1-3-16-8-4-5-12(15)14-7-6-10(2)11(13)9-14/h10-11H,3-9,13H2,1-2H3. The molecule has 1 amide bonds. The molecule has 1 aliphatic rings. The molecule has 4 nitrogen and oxygen atoms in total. The summed E-state index contributed by atoms with van der Waals surface area (Å²) < 4.78 is 5.21. The lowest BCUT2D eigenvalue weighted by Gasteiger charge is -2.35. The number of amides is 1. The summed E-state index contributed by atoms with van der Waals surface area (Å²) in [5, 5.41) is 0. The summed E-state index contributed by atoms with van der Waals surface area (Å²) in [6, 6.07) is 0.143. The van der Waals surface area contributed by atoms with E-state index >= 15 is 0 Å². The number of hydrogen-bond acceptors (Lipinski definition) is 3. The van der Waals surface area contributed by atoms with Crippen LogP contribution in [0.2, 0.25) is 0 Å². The maximum Gasteiger partial charge on any atom is 0.222 e. The van der Waals surface area contributed by atoms with Crippen molar-refractivity contribution in [2.45, 2.75) is 39.2 Å². The molecular formula is C12H24N2O2. The third-order valence-electron chi connectivity index (χ3n) is 3.25. The van der Waals surface area contributed by atoms with Gasteiger partial charge in [-0.3, -0.25) is 4.79 Å². The summed E-state index contributed by atoms with van der Waals surface area (Å²) in [7, 11) is 0. The zero-order chi connectivity index (χ0) is 12.0. The highest BCUT2D eigenvalue weighted by Crippen LogP contribution is 2.16. The number of piperidine rings is 1. The number of carbonyl (C=O) groups is 1. The lowest BCUT2D eigenvalue weighted by molar-refractivity contribution is -0.133. The van der Waals surface area contributed by atoms with E-state index in [1.165, 1.54) is 0 Å². The van der Waals surface area contributed by atoms with E-state index in [-0.39, 0.29) is 11.9 Å². The normalized spacial score (nSPS) is 25.8. The first-order valence-electron chi connectivity index (χ1n) is 6.26. The van der Waals surface area contributed by atoms with Crippen LogP contribution < -0.4 is 5.73 Å². The molecular weight excluding hydrogens is 204 g/mol. The predicted molar refractivity (Wildman–Crippen MR) is 64.1 cm³/mol. The summed E-state index contributed by atoms with van der Waals surface area (Å²) in [4.78, 5) is 13.7. The molecule has 2 N–H and O–H groups in total. The van der Waals surface area contributed by atoms with Crippen LogP contribution in [0.15, 0.2) is 0 Å². The highest BCUT2D eigenvalue weighted by molar-refractivity contribution is 5.76. The Morgan fingerprint density at radius 1 is 1.56 bits per heavy atom. The summed E-state index contributed by atoms with van der Waals surface area (Å²) in [5.74, 6) is 0.759. The van der Waals surface area contributed by atoms with Crippen molar-refractivity contribution in [1.29, 1.82) is 0 Å². The highest BCUT2D eigenvalue weighted by atomic mass is 16.5. The monoisotopic (exact) mass is 228 g/mol. The Morgan fingerprint density at radius 2 is 2.31 bits per heavy atom. The van der Waals surface area contributed by atoms with Gasteiger partial charge in [0.25, 0.3) is 0 Å². The van der Waals surface area contributed by atoms with Gasteiger partial charge < -0.3 is 15.4 Å². The maximum atomic E-state index is 11.8. The van der Waals surface area contributed by atoms with Crippen molar-refractivity contribution in [3.8, 4) is 0 Å². The molecule has 0 spiro atoms. The van der Waals surface area contributed by atoms with Gasteiger partial charge in [0, 0.05) is 38.8 Å². The Kier molecular flexibility index (Phi) is 5.77. The minimum absolute atomic E-state index is 0.143. The number of nitrogens with two attached hydrogens (primary N) is 1. The predicted octanol–water partition coefficient (Wildman–Crippen LogP) is 0.999. The van der Waals surface area contributed by atoms with Gasteiger partial charge in [-0.05, 0) is 25.7 Å². The van der Waals surface area contributed by atoms with Gasteiger partial charge in [-0.1, -0.05) is 6.92 Å². The molecule has 2 unspecified atom stereocenters. The van der Waals surface area contributed by atoms with Gasteiger partial charge in [0.05, 0.1) is 0 Å². The van der Waals surface area contributed by atoms with Gasteiger partial charge in [-0.15, -0.1) is 0 Å². The molecule has 0 aromatic rings. The van der Waals surface area contributed by atoms with E-state index in [4.69, 9.17) is 10.5 Å². The van der Waals surface area contributed by atoms with E-state index in [1.54, 1.807) is 0 Å². The quantitative estimate of drug-likeness (QED) is 0.714. The summed E-state index contributed by atoms with van der Waals surface area (Å²) in [6.45, 7) is 7.10. The molecule has 1 fully saturated rings. The van der Waals surface area contributed by atoms with E-state index in [0.717, 1.165) is 26.0 Å². The number of ether oxygens (including phenoxy) is 1. The van der Waals surface area contributed by atoms with Crippen LogP contribution in [-0.4, -0.2) is 43.2 Å². The van der Waals surface area contributed by atoms with E-state index < -0.39 is 0 Å².